The number of hydrogen-bond donors (Lipinski definition) is 2. The normalized spacial score (nSPS) is 16.6. The van der Waals surface area contributed by atoms with Gasteiger partial charge in [0.05, 0.1) is 0 Å². The van der Waals surface area contributed by atoms with Crippen molar-refractivity contribution in [2.75, 3.05) is 19.6 Å². The van der Waals surface area contributed by atoms with E-state index in [0.717, 1.165) is 38.0 Å². The number of carbonyl (C=O) groups excluding carboxylic acids is 1. The minimum atomic E-state index is 0.0676. The average molecular weight is 262 g/mol. The molecule has 0 saturated carbocycles. The second-order valence-corrected chi connectivity index (χ2v) is 5.13. The fourth-order valence-electron chi connectivity index (χ4n) is 2.55. The number of hydrogen-bond acceptors (Lipinski definition) is 3. The lowest BCUT2D eigenvalue weighted by Crippen LogP contribution is -2.44. The van der Waals surface area contributed by atoms with E-state index in [1.165, 1.54) is 0 Å². The van der Waals surface area contributed by atoms with E-state index in [4.69, 9.17) is 0 Å². The largest absolute Gasteiger partial charge is 0.508 e. The van der Waals surface area contributed by atoms with Crippen molar-refractivity contribution in [1.29, 1.82) is 0 Å². The number of nitrogens with one attached hydrogen (secondary N) is 1. The molecule has 1 heterocycles. The van der Waals surface area contributed by atoms with Crippen LogP contribution < -0.4 is 5.32 Å². The molecule has 1 fully saturated rings. The first-order valence-corrected chi connectivity index (χ1v) is 6.94. The molecule has 1 aliphatic heterocycles. The average Bonchev–Trinajstić information content (AvgIpc) is 2.42. The lowest BCUT2D eigenvalue weighted by atomic mass is 10.0. The van der Waals surface area contributed by atoms with Gasteiger partial charge in [-0.05, 0) is 50.1 Å². The summed E-state index contributed by atoms with van der Waals surface area (Å²) in [5.41, 5.74) is 1.41. The summed E-state index contributed by atoms with van der Waals surface area (Å²) in [6, 6.07) is 5.58. The molecule has 0 radical (unpaired) electrons. The van der Waals surface area contributed by atoms with E-state index in [9.17, 15) is 9.90 Å². The molecule has 0 bridgehead atoms. The highest BCUT2D eigenvalue weighted by atomic mass is 16.3. The molecule has 2 N–H and O–H groups in total. The van der Waals surface area contributed by atoms with Gasteiger partial charge in [0.15, 0.2) is 0 Å². The molecule has 4 nitrogen and oxygen atoms in total. The smallest absolute Gasteiger partial charge is 0.253 e. The van der Waals surface area contributed by atoms with Gasteiger partial charge in [-0.2, -0.15) is 0 Å². The van der Waals surface area contributed by atoms with Crippen LogP contribution in [0.4, 0.5) is 0 Å². The van der Waals surface area contributed by atoms with Crippen molar-refractivity contribution in [3.8, 4) is 5.75 Å². The number of rotatable bonds is 3. The zero-order chi connectivity index (χ0) is 13.8. The minimum Gasteiger partial charge on any atom is -0.508 e. The summed E-state index contributed by atoms with van der Waals surface area (Å²) in [6.07, 6.45) is 2.02. The number of nitrogens with zero attached hydrogens (tertiary/aromatic N) is 1. The van der Waals surface area contributed by atoms with Crippen molar-refractivity contribution in [1.82, 2.24) is 10.2 Å². The molecule has 0 unspecified atom stereocenters. The van der Waals surface area contributed by atoms with E-state index < -0.39 is 0 Å². The summed E-state index contributed by atoms with van der Waals surface area (Å²) in [6.45, 7) is 6.50. The molecule has 0 aliphatic carbocycles. The highest BCUT2D eigenvalue weighted by Crippen LogP contribution is 2.19. The summed E-state index contributed by atoms with van der Waals surface area (Å²) < 4.78 is 0. The van der Waals surface area contributed by atoms with Gasteiger partial charge in [-0.1, -0.05) is 6.92 Å². The van der Waals surface area contributed by atoms with Gasteiger partial charge in [-0.3, -0.25) is 4.79 Å². The maximum absolute atomic E-state index is 12.4. The summed E-state index contributed by atoms with van der Waals surface area (Å²) in [4.78, 5) is 14.3. The van der Waals surface area contributed by atoms with Crippen LogP contribution in [0.5, 0.6) is 5.75 Å². The van der Waals surface area contributed by atoms with Crippen LogP contribution in [0.25, 0.3) is 0 Å². The first kappa shape index (κ1) is 13.9. The summed E-state index contributed by atoms with van der Waals surface area (Å²) >= 11 is 0. The maximum Gasteiger partial charge on any atom is 0.253 e. The second kappa shape index (κ2) is 6.06. The fourth-order valence-corrected chi connectivity index (χ4v) is 2.55. The van der Waals surface area contributed by atoms with E-state index in [-0.39, 0.29) is 11.7 Å². The lowest BCUT2D eigenvalue weighted by Gasteiger charge is -2.32. The highest BCUT2D eigenvalue weighted by molar-refractivity contribution is 5.94. The van der Waals surface area contributed by atoms with Crippen molar-refractivity contribution < 1.29 is 9.90 Å². The van der Waals surface area contributed by atoms with Crippen LogP contribution in [0.1, 0.15) is 35.7 Å². The van der Waals surface area contributed by atoms with E-state index in [0.29, 0.717) is 11.6 Å². The van der Waals surface area contributed by atoms with Crippen LogP contribution in [0.3, 0.4) is 0 Å². The van der Waals surface area contributed by atoms with Gasteiger partial charge in [0.1, 0.15) is 5.75 Å². The molecule has 1 aliphatic rings. The van der Waals surface area contributed by atoms with Gasteiger partial charge in [0, 0.05) is 24.7 Å². The first-order valence-electron chi connectivity index (χ1n) is 6.94. The number of phenolic OH excluding ortho intramolecular Hbond substituents is 1. The maximum atomic E-state index is 12.4. The van der Waals surface area contributed by atoms with Gasteiger partial charge in [-0.25, -0.2) is 0 Å². The Bertz CT molecular complexity index is 451. The lowest BCUT2D eigenvalue weighted by molar-refractivity contribution is 0.0706. The Morgan fingerprint density at radius 1 is 1.42 bits per heavy atom. The van der Waals surface area contributed by atoms with Gasteiger partial charge in [0.25, 0.3) is 5.91 Å². The second-order valence-electron chi connectivity index (χ2n) is 5.13. The molecular formula is C15H22N2O2. The molecule has 0 aromatic heterocycles. The number of phenols is 1. The Morgan fingerprint density at radius 3 is 2.68 bits per heavy atom. The summed E-state index contributed by atoms with van der Waals surface area (Å²) in [7, 11) is 0. The Labute approximate surface area is 114 Å². The molecule has 1 aromatic rings. The van der Waals surface area contributed by atoms with Crippen LogP contribution in [0, 0.1) is 6.92 Å². The van der Waals surface area contributed by atoms with Gasteiger partial charge >= 0.3 is 0 Å². The highest BCUT2D eigenvalue weighted by Gasteiger charge is 2.23. The fraction of sp³-hybridized carbons (Fsp3) is 0.533. The van der Waals surface area contributed by atoms with E-state index in [2.05, 4.69) is 12.2 Å². The van der Waals surface area contributed by atoms with Gasteiger partial charge < -0.3 is 15.3 Å². The third kappa shape index (κ3) is 3.26. The van der Waals surface area contributed by atoms with Crippen molar-refractivity contribution in [3.05, 3.63) is 29.3 Å². The first-order chi connectivity index (χ1) is 9.11. The molecule has 2 rings (SSSR count). The number of piperidine rings is 1. The number of aromatic hydroxyl groups is 1. The van der Waals surface area contributed by atoms with Crippen molar-refractivity contribution >= 4 is 5.91 Å². The Morgan fingerprint density at radius 2 is 2.11 bits per heavy atom. The summed E-state index contributed by atoms with van der Waals surface area (Å²) in [5, 5.41) is 12.9. The van der Waals surface area contributed by atoms with Gasteiger partial charge in [0.2, 0.25) is 0 Å². The number of carbonyl (C=O) groups is 1. The number of amides is 1. The Hall–Kier alpha value is -1.55. The third-order valence-corrected chi connectivity index (χ3v) is 3.72. The van der Waals surface area contributed by atoms with Gasteiger partial charge in [-0.15, -0.1) is 0 Å². The molecule has 4 heteroatoms. The predicted molar refractivity (Wildman–Crippen MR) is 75.4 cm³/mol. The predicted octanol–water partition coefficient (Wildman–Crippen LogP) is 1.91. The van der Waals surface area contributed by atoms with Crippen LogP contribution in [-0.4, -0.2) is 41.6 Å². The summed E-state index contributed by atoms with van der Waals surface area (Å²) in [5.74, 6) is 0.306. The van der Waals surface area contributed by atoms with E-state index in [1.807, 2.05) is 11.8 Å². The standard InChI is InChI=1S/C15H22N2O2/c1-3-16-13-6-8-17(9-7-13)15(19)12-4-5-14(18)11(2)10-12/h4-5,10,13,16,18H,3,6-9H2,1-2H3. The van der Waals surface area contributed by atoms with E-state index >= 15 is 0 Å². The van der Waals surface area contributed by atoms with Crippen LogP contribution in [-0.2, 0) is 0 Å². The molecule has 104 valence electrons. The zero-order valence-corrected chi connectivity index (χ0v) is 11.6. The number of aryl methyl sites for hydroxylation is 1. The molecule has 19 heavy (non-hydrogen) atoms. The molecule has 0 spiro atoms. The van der Waals surface area contributed by atoms with E-state index in [1.54, 1.807) is 18.2 Å². The number of likely N-dealkylation sites (tertiary alicyclic amines) is 1. The zero-order valence-electron chi connectivity index (χ0n) is 11.6. The molecule has 1 saturated heterocycles. The Balaban J connectivity index is 1.99. The minimum absolute atomic E-state index is 0.0676. The number of benzene rings is 1. The molecule has 0 atom stereocenters. The van der Waals surface area contributed by atoms with Crippen molar-refractivity contribution in [3.63, 3.8) is 0 Å². The topological polar surface area (TPSA) is 52.6 Å². The SMILES string of the molecule is CCNC1CCN(C(=O)c2ccc(O)c(C)c2)CC1. The van der Waals surface area contributed by atoms with Crippen LogP contribution in [0.15, 0.2) is 18.2 Å². The molecule has 1 aromatic carbocycles. The van der Waals surface area contributed by atoms with Crippen molar-refractivity contribution in [2.45, 2.75) is 32.7 Å². The van der Waals surface area contributed by atoms with Crippen molar-refractivity contribution in [2.24, 2.45) is 0 Å². The quantitative estimate of drug-likeness (QED) is 0.875. The van der Waals surface area contributed by atoms with Crippen LogP contribution >= 0.6 is 0 Å². The Kier molecular flexibility index (Phi) is 4.43. The molecule has 1 amide bonds. The molecular weight excluding hydrogens is 240 g/mol. The monoisotopic (exact) mass is 262 g/mol. The third-order valence-electron chi connectivity index (χ3n) is 3.72. The van der Waals surface area contributed by atoms with Crippen LogP contribution in [0.2, 0.25) is 0 Å².